The van der Waals surface area contributed by atoms with Crippen LogP contribution in [0.2, 0.25) is 0 Å². The zero-order valence-electron chi connectivity index (χ0n) is 12.3. The highest BCUT2D eigenvalue weighted by Crippen LogP contribution is 2.42. The van der Waals surface area contributed by atoms with Crippen molar-refractivity contribution in [2.45, 2.75) is 50.7 Å². The van der Waals surface area contributed by atoms with Gasteiger partial charge >= 0.3 is 0 Å². The van der Waals surface area contributed by atoms with Gasteiger partial charge in [0.25, 0.3) is 0 Å². The Morgan fingerprint density at radius 3 is 2.53 bits per heavy atom. The lowest BCUT2D eigenvalue weighted by molar-refractivity contribution is 0.111. The molecule has 3 rings (SSSR count). The summed E-state index contributed by atoms with van der Waals surface area (Å²) in [5.74, 6) is 0.754. The summed E-state index contributed by atoms with van der Waals surface area (Å²) in [6.07, 6.45) is 7.36. The lowest BCUT2D eigenvalue weighted by Crippen LogP contribution is -2.44. The maximum atomic E-state index is 4.35. The van der Waals surface area contributed by atoms with E-state index in [2.05, 4.69) is 42.4 Å². The van der Waals surface area contributed by atoms with Crippen molar-refractivity contribution in [3.63, 3.8) is 0 Å². The lowest BCUT2D eigenvalue weighted by atomic mass is 9.83. The summed E-state index contributed by atoms with van der Waals surface area (Å²) in [5.41, 5.74) is 1.34. The van der Waals surface area contributed by atoms with E-state index in [1.165, 1.54) is 31.4 Å². The Morgan fingerprint density at radius 1 is 1.32 bits per heavy atom. The van der Waals surface area contributed by atoms with Crippen LogP contribution in [0.3, 0.4) is 0 Å². The molecule has 0 aromatic carbocycles. The fourth-order valence-electron chi connectivity index (χ4n) is 4.15. The first-order valence-electron chi connectivity index (χ1n) is 7.64. The Morgan fingerprint density at radius 2 is 2.00 bits per heavy atom. The summed E-state index contributed by atoms with van der Waals surface area (Å²) in [5, 5.41) is 8.05. The molecule has 0 spiro atoms. The second-order valence-electron chi connectivity index (χ2n) is 6.20. The highest BCUT2D eigenvalue weighted by molar-refractivity contribution is 5.10. The van der Waals surface area contributed by atoms with Gasteiger partial charge in [0.1, 0.15) is 0 Å². The number of nitrogens with one attached hydrogen (secondary N) is 1. The Hall–Kier alpha value is -0.870. The summed E-state index contributed by atoms with van der Waals surface area (Å²) in [4.78, 5) is 2.61. The number of fused-ring (bicyclic) bond motifs is 2. The van der Waals surface area contributed by atoms with Crippen LogP contribution in [0.25, 0.3) is 0 Å². The van der Waals surface area contributed by atoms with Crippen molar-refractivity contribution in [1.82, 2.24) is 20.0 Å². The quantitative estimate of drug-likeness (QED) is 0.900. The molecule has 0 aliphatic carbocycles. The van der Waals surface area contributed by atoms with Gasteiger partial charge in [-0.1, -0.05) is 6.92 Å². The molecule has 2 bridgehead atoms. The molecule has 1 N–H and O–H groups in total. The molecule has 1 aromatic heterocycles. The zero-order chi connectivity index (χ0) is 13.4. The number of aryl methyl sites for hydroxylation is 1. The van der Waals surface area contributed by atoms with E-state index in [0.29, 0.717) is 6.04 Å². The molecule has 2 aliphatic rings. The number of nitrogens with zero attached hydrogens (tertiary/aromatic N) is 3. The lowest BCUT2D eigenvalue weighted by Gasteiger charge is -2.40. The normalized spacial score (nSPS) is 32.7. The van der Waals surface area contributed by atoms with Crippen LogP contribution >= 0.6 is 0 Å². The molecule has 19 heavy (non-hydrogen) atoms. The number of hydrogen-bond acceptors (Lipinski definition) is 3. The molecule has 2 fully saturated rings. The van der Waals surface area contributed by atoms with Crippen LogP contribution in [0.4, 0.5) is 0 Å². The Balaban J connectivity index is 1.80. The van der Waals surface area contributed by atoms with Gasteiger partial charge in [0.05, 0.1) is 11.7 Å². The molecule has 2 aliphatic heterocycles. The first-order chi connectivity index (χ1) is 9.20. The molecule has 106 valence electrons. The second kappa shape index (κ2) is 5.25. The third kappa shape index (κ3) is 2.32. The van der Waals surface area contributed by atoms with Crippen LogP contribution in [0, 0.1) is 5.92 Å². The van der Waals surface area contributed by atoms with Crippen LogP contribution in [0.15, 0.2) is 12.3 Å². The van der Waals surface area contributed by atoms with Gasteiger partial charge in [-0.15, -0.1) is 0 Å². The molecule has 3 atom stereocenters. The minimum atomic E-state index is 0.467. The van der Waals surface area contributed by atoms with E-state index in [0.717, 1.165) is 24.5 Å². The molecule has 1 aromatic rings. The van der Waals surface area contributed by atoms with Gasteiger partial charge in [0.15, 0.2) is 0 Å². The van der Waals surface area contributed by atoms with E-state index >= 15 is 0 Å². The smallest absolute Gasteiger partial charge is 0.0553 e. The zero-order valence-corrected chi connectivity index (χ0v) is 12.3. The number of piperidine rings is 1. The van der Waals surface area contributed by atoms with Crippen molar-refractivity contribution in [1.29, 1.82) is 0 Å². The molecule has 4 nitrogen and oxygen atoms in total. The topological polar surface area (TPSA) is 33.1 Å². The summed E-state index contributed by atoms with van der Waals surface area (Å²) in [6.45, 7) is 3.23. The SMILES string of the molecule is CCNC(c1ccnn1C)C1CC2CCC(C1)N2C. The highest BCUT2D eigenvalue weighted by Gasteiger charge is 2.41. The third-order valence-electron chi connectivity index (χ3n) is 5.21. The predicted octanol–water partition coefficient (Wildman–Crippen LogP) is 1.94. The van der Waals surface area contributed by atoms with E-state index < -0.39 is 0 Å². The van der Waals surface area contributed by atoms with Crippen molar-refractivity contribution in [2.75, 3.05) is 13.6 Å². The molecule has 3 unspecified atom stereocenters. The van der Waals surface area contributed by atoms with Crippen LogP contribution < -0.4 is 5.32 Å². The van der Waals surface area contributed by atoms with Gasteiger partial charge < -0.3 is 10.2 Å². The molecule has 2 saturated heterocycles. The second-order valence-corrected chi connectivity index (χ2v) is 6.20. The van der Waals surface area contributed by atoms with Gasteiger partial charge in [-0.05, 0) is 51.3 Å². The molecular weight excluding hydrogens is 236 g/mol. The number of rotatable bonds is 4. The van der Waals surface area contributed by atoms with E-state index in [1.54, 1.807) is 0 Å². The average Bonchev–Trinajstić information content (AvgIpc) is 2.87. The summed E-state index contributed by atoms with van der Waals surface area (Å²) >= 11 is 0. The monoisotopic (exact) mass is 262 g/mol. The van der Waals surface area contributed by atoms with Gasteiger partial charge in [-0.3, -0.25) is 4.68 Å². The van der Waals surface area contributed by atoms with Crippen molar-refractivity contribution >= 4 is 0 Å². The predicted molar refractivity (Wildman–Crippen MR) is 76.9 cm³/mol. The molecular formula is C15H26N4. The maximum Gasteiger partial charge on any atom is 0.0553 e. The Bertz CT molecular complexity index is 414. The number of hydrogen-bond donors (Lipinski definition) is 1. The van der Waals surface area contributed by atoms with Crippen LogP contribution in [0.5, 0.6) is 0 Å². The van der Waals surface area contributed by atoms with Gasteiger partial charge in [0.2, 0.25) is 0 Å². The third-order valence-corrected chi connectivity index (χ3v) is 5.21. The average molecular weight is 262 g/mol. The fraction of sp³-hybridized carbons (Fsp3) is 0.800. The summed E-state index contributed by atoms with van der Waals surface area (Å²) in [7, 11) is 4.37. The minimum Gasteiger partial charge on any atom is -0.309 e. The van der Waals surface area contributed by atoms with Gasteiger partial charge in [-0.2, -0.15) is 5.10 Å². The Kier molecular flexibility index (Phi) is 3.63. The van der Waals surface area contributed by atoms with Crippen molar-refractivity contribution in [2.24, 2.45) is 13.0 Å². The highest BCUT2D eigenvalue weighted by atomic mass is 15.3. The summed E-state index contributed by atoms with van der Waals surface area (Å²) < 4.78 is 2.04. The molecule has 0 amide bonds. The van der Waals surface area contributed by atoms with Crippen molar-refractivity contribution in [3.05, 3.63) is 18.0 Å². The van der Waals surface area contributed by atoms with E-state index in [-0.39, 0.29) is 0 Å². The van der Waals surface area contributed by atoms with Crippen LogP contribution in [-0.2, 0) is 7.05 Å². The molecule has 4 heteroatoms. The molecule has 0 radical (unpaired) electrons. The van der Waals surface area contributed by atoms with E-state index in [4.69, 9.17) is 0 Å². The van der Waals surface area contributed by atoms with Crippen LogP contribution in [0.1, 0.15) is 44.3 Å². The standard InChI is InChI=1S/C15H26N4/c1-4-16-15(14-7-8-17-19(14)3)11-9-12-5-6-13(10-11)18(12)2/h7-8,11-13,15-16H,4-6,9-10H2,1-3H3. The van der Waals surface area contributed by atoms with Gasteiger partial charge in [0, 0.05) is 25.3 Å². The maximum absolute atomic E-state index is 4.35. The largest absolute Gasteiger partial charge is 0.309 e. The summed E-state index contributed by atoms with van der Waals surface area (Å²) in [6, 6.07) is 4.25. The Labute approximate surface area is 116 Å². The molecule has 3 heterocycles. The van der Waals surface area contributed by atoms with E-state index in [1.807, 2.05) is 10.9 Å². The van der Waals surface area contributed by atoms with Crippen LogP contribution in [-0.4, -0.2) is 40.4 Å². The van der Waals surface area contributed by atoms with E-state index in [9.17, 15) is 0 Å². The minimum absolute atomic E-state index is 0.467. The first kappa shape index (κ1) is 13.1. The van der Waals surface area contributed by atoms with Gasteiger partial charge in [-0.25, -0.2) is 0 Å². The van der Waals surface area contributed by atoms with Crippen molar-refractivity contribution in [3.8, 4) is 0 Å². The van der Waals surface area contributed by atoms with Crippen molar-refractivity contribution < 1.29 is 0 Å². The molecule has 0 saturated carbocycles. The first-order valence-corrected chi connectivity index (χ1v) is 7.64. The number of aromatic nitrogens is 2. The fourth-order valence-corrected chi connectivity index (χ4v) is 4.15.